The molecular weight excluding hydrogens is 457 g/mol. The molecule has 0 bridgehead atoms. The molecule has 0 fully saturated rings. The van der Waals surface area contributed by atoms with Crippen LogP contribution in [0.1, 0.15) is 50.6 Å². The number of anilines is 1. The molecule has 0 saturated carbocycles. The Morgan fingerprint density at radius 1 is 1.00 bits per heavy atom. The number of nitrogens with zero attached hydrogens (tertiary/aromatic N) is 1. The summed E-state index contributed by atoms with van der Waals surface area (Å²) in [7, 11) is 0. The lowest BCUT2D eigenvalue weighted by molar-refractivity contribution is 0.0829. The number of carbonyl (C=O) groups excluding carboxylic acids is 2. The Balaban J connectivity index is 1.43. The van der Waals surface area contributed by atoms with Crippen molar-refractivity contribution in [1.29, 1.82) is 0 Å². The van der Waals surface area contributed by atoms with E-state index >= 15 is 0 Å². The van der Waals surface area contributed by atoms with Gasteiger partial charge in [0.15, 0.2) is 10.9 Å². The highest BCUT2D eigenvalue weighted by molar-refractivity contribution is 7.80. The molecule has 34 heavy (non-hydrogen) atoms. The average molecular weight is 480 g/mol. The summed E-state index contributed by atoms with van der Waals surface area (Å²) in [6, 6.07) is 14.5. The predicted molar refractivity (Wildman–Crippen MR) is 130 cm³/mol. The Labute approximate surface area is 200 Å². The van der Waals surface area contributed by atoms with E-state index in [2.05, 4.69) is 26.7 Å². The molecule has 0 unspecified atom stereocenters. The summed E-state index contributed by atoms with van der Waals surface area (Å²) in [4.78, 5) is 24.9. The van der Waals surface area contributed by atoms with Crippen molar-refractivity contribution in [3.05, 3.63) is 88.6 Å². The zero-order chi connectivity index (χ0) is 24.1. The van der Waals surface area contributed by atoms with Gasteiger partial charge in [-0.1, -0.05) is 18.2 Å². The van der Waals surface area contributed by atoms with Gasteiger partial charge in [0.25, 0.3) is 5.91 Å². The molecule has 3 aromatic rings. The maximum absolute atomic E-state index is 13.0. The number of hydrazone groups is 1. The second-order valence-corrected chi connectivity index (χ2v) is 8.02. The number of fused-ring (bicyclic) bond motifs is 1. The van der Waals surface area contributed by atoms with Crippen molar-refractivity contribution in [1.82, 2.24) is 16.3 Å². The van der Waals surface area contributed by atoms with E-state index in [9.17, 15) is 14.0 Å². The monoisotopic (exact) mass is 479 g/mol. The highest BCUT2D eigenvalue weighted by Gasteiger charge is 2.28. The van der Waals surface area contributed by atoms with Crippen LogP contribution in [-0.4, -0.2) is 22.6 Å². The van der Waals surface area contributed by atoms with E-state index in [-0.39, 0.29) is 11.3 Å². The molecule has 1 aliphatic carbocycles. The first-order valence-corrected chi connectivity index (χ1v) is 11.0. The van der Waals surface area contributed by atoms with Crippen LogP contribution in [0.5, 0.6) is 0 Å². The van der Waals surface area contributed by atoms with Crippen LogP contribution in [0.2, 0.25) is 0 Å². The predicted octanol–water partition coefficient (Wildman–Crippen LogP) is 3.83. The van der Waals surface area contributed by atoms with Crippen LogP contribution in [-0.2, 0) is 6.42 Å². The number of para-hydroxylation sites is 1. The minimum absolute atomic E-state index is 0.0870. The van der Waals surface area contributed by atoms with Gasteiger partial charge in [-0.15, -0.1) is 0 Å². The van der Waals surface area contributed by atoms with E-state index in [0.29, 0.717) is 29.3 Å². The highest BCUT2D eigenvalue weighted by atomic mass is 32.1. The number of nitrogens with one attached hydrogen (secondary N) is 4. The number of thiocarbonyl (C=S) groups is 1. The van der Waals surface area contributed by atoms with Crippen LogP contribution in [0, 0.1) is 12.7 Å². The lowest BCUT2D eigenvalue weighted by Crippen LogP contribution is -2.41. The number of carbonyl (C=O) groups is 2. The Hall–Kier alpha value is -4.05. The molecule has 174 valence electrons. The van der Waals surface area contributed by atoms with E-state index in [4.69, 9.17) is 16.6 Å². The topological polar surface area (TPSA) is 108 Å². The quantitative estimate of drug-likeness (QED) is 0.335. The fourth-order valence-corrected chi connectivity index (χ4v) is 3.80. The summed E-state index contributed by atoms with van der Waals surface area (Å²) in [6.45, 7) is 1.76. The summed E-state index contributed by atoms with van der Waals surface area (Å²) in [5.74, 6) is -0.893. The van der Waals surface area contributed by atoms with Crippen molar-refractivity contribution in [2.75, 3.05) is 5.32 Å². The van der Waals surface area contributed by atoms with Gasteiger partial charge in [-0.05, 0) is 68.4 Å². The maximum Gasteiger partial charge on any atom is 0.305 e. The van der Waals surface area contributed by atoms with Crippen LogP contribution in [0.15, 0.2) is 64.1 Å². The maximum atomic E-state index is 13.0. The summed E-state index contributed by atoms with van der Waals surface area (Å²) >= 11 is 5.31. The van der Waals surface area contributed by atoms with Crippen molar-refractivity contribution in [2.45, 2.75) is 26.2 Å². The zero-order valence-electron chi connectivity index (χ0n) is 18.3. The van der Waals surface area contributed by atoms with Crippen molar-refractivity contribution < 1.29 is 18.4 Å². The molecular formula is C24H22FN5O3S. The van der Waals surface area contributed by atoms with Gasteiger partial charge in [0.1, 0.15) is 11.6 Å². The molecule has 10 heteroatoms. The van der Waals surface area contributed by atoms with Gasteiger partial charge < -0.3 is 9.73 Å². The minimum atomic E-state index is -0.601. The number of hydrogen-bond acceptors (Lipinski definition) is 5. The smallest absolute Gasteiger partial charge is 0.305 e. The highest BCUT2D eigenvalue weighted by Crippen LogP contribution is 2.29. The largest absolute Gasteiger partial charge is 0.455 e. The minimum Gasteiger partial charge on any atom is -0.455 e. The first-order chi connectivity index (χ1) is 16.4. The van der Waals surface area contributed by atoms with Gasteiger partial charge in [-0.2, -0.15) is 5.10 Å². The molecule has 2 aromatic carbocycles. The second-order valence-electron chi connectivity index (χ2n) is 7.61. The fraction of sp³-hybridized carbons (Fsp3) is 0.167. The Morgan fingerprint density at radius 3 is 2.44 bits per heavy atom. The number of amides is 2. The van der Waals surface area contributed by atoms with Gasteiger partial charge >= 0.3 is 5.91 Å². The number of rotatable bonds is 4. The number of furan rings is 1. The molecule has 1 aliphatic rings. The van der Waals surface area contributed by atoms with Crippen molar-refractivity contribution in [2.24, 2.45) is 5.10 Å². The van der Waals surface area contributed by atoms with E-state index in [1.165, 1.54) is 12.1 Å². The van der Waals surface area contributed by atoms with Gasteiger partial charge in [0, 0.05) is 28.8 Å². The second kappa shape index (κ2) is 10.3. The molecule has 4 N–H and O–H groups in total. The first kappa shape index (κ1) is 23.1. The standard InChI is InChI=1S/C24H22FN5O3S/c1-14-20-18(27-30-24(34)26-17-6-3-2-4-7-17)8-5-9-19(20)33-21(14)23(32)29-28-22(31)15-10-12-16(25)13-11-15/h2-4,6-7,10-13H,5,8-9H2,1H3,(H,28,31)(H,29,32)(H2,26,30,34)/b27-18+. The molecule has 4 rings (SSSR count). The van der Waals surface area contributed by atoms with Crippen molar-refractivity contribution >= 4 is 40.5 Å². The lowest BCUT2D eigenvalue weighted by Gasteiger charge is -2.14. The van der Waals surface area contributed by atoms with E-state index in [1.54, 1.807) is 6.92 Å². The van der Waals surface area contributed by atoms with E-state index in [0.717, 1.165) is 35.5 Å². The zero-order valence-corrected chi connectivity index (χ0v) is 19.1. The Kier molecular flexibility index (Phi) is 6.98. The van der Waals surface area contributed by atoms with Crippen molar-refractivity contribution in [3.8, 4) is 0 Å². The van der Waals surface area contributed by atoms with Crippen molar-refractivity contribution in [3.63, 3.8) is 0 Å². The molecule has 8 nitrogen and oxygen atoms in total. The number of benzene rings is 2. The molecule has 0 spiro atoms. The number of aryl methyl sites for hydroxylation is 1. The van der Waals surface area contributed by atoms with Crippen LogP contribution in [0.25, 0.3) is 0 Å². The Bertz CT molecular complexity index is 1260. The third-order valence-corrected chi connectivity index (χ3v) is 5.45. The first-order valence-electron chi connectivity index (χ1n) is 10.6. The van der Waals surface area contributed by atoms with E-state index in [1.807, 2.05) is 30.3 Å². The molecule has 0 atom stereocenters. The van der Waals surface area contributed by atoms with Gasteiger partial charge in [-0.25, -0.2) is 4.39 Å². The molecule has 1 heterocycles. The third kappa shape index (κ3) is 5.29. The van der Waals surface area contributed by atoms with Gasteiger partial charge in [-0.3, -0.25) is 25.9 Å². The molecule has 1 aromatic heterocycles. The molecule has 2 amide bonds. The SMILES string of the molecule is Cc1c(C(=O)NNC(=O)c2ccc(F)cc2)oc2c1/C(=N/NC(=S)Nc1ccccc1)CCC2. The van der Waals surface area contributed by atoms with Crippen LogP contribution < -0.4 is 21.6 Å². The summed E-state index contributed by atoms with van der Waals surface area (Å²) in [6.07, 6.45) is 2.16. The van der Waals surface area contributed by atoms with Crippen LogP contribution in [0.3, 0.4) is 0 Å². The number of hydrogen-bond donors (Lipinski definition) is 4. The summed E-state index contributed by atoms with van der Waals surface area (Å²) in [5, 5.41) is 7.84. The number of hydrazine groups is 1. The summed E-state index contributed by atoms with van der Waals surface area (Å²) < 4.78 is 18.8. The molecule has 0 saturated heterocycles. The third-order valence-electron chi connectivity index (χ3n) is 5.25. The van der Waals surface area contributed by atoms with Gasteiger partial charge in [0.2, 0.25) is 0 Å². The normalized spacial score (nSPS) is 13.6. The van der Waals surface area contributed by atoms with Crippen LogP contribution in [0.4, 0.5) is 10.1 Å². The lowest BCUT2D eigenvalue weighted by atomic mass is 9.93. The number of halogens is 1. The Morgan fingerprint density at radius 2 is 1.71 bits per heavy atom. The van der Waals surface area contributed by atoms with Crippen LogP contribution >= 0.6 is 12.2 Å². The van der Waals surface area contributed by atoms with Gasteiger partial charge in [0.05, 0.1) is 5.71 Å². The average Bonchev–Trinajstić information content (AvgIpc) is 3.19. The molecule has 0 aliphatic heterocycles. The molecule has 0 radical (unpaired) electrons. The van der Waals surface area contributed by atoms with E-state index < -0.39 is 17.6 Å². The fourth-order valence-electron chi connectivity index (χ4n) is 3.64. The summed E-state index contributed by atoms with van der Waals surface area (Å²) in [5.41, 5.74) is 10.7.